The molecule has 22 heavy (non-hydrogen) atoms. The van der Waals surface area contributed by atoms with Gasteiger partial charge in [-0.05, 0) is 24.1 Å². The van der Waals surface area contributed by atoms with Crippen LogP contribution in [0.4, 0.5) is 5.69 Å². The number of piperazine rings is 1. The first kappa shape index (κ1) is 16.0. The van der Waals surface area contributed by atoms with Crippen LogP contribution in [0.15, 0.2) is 24.3 Å². The summed E-state index contributed by atoms with van der Waals surface area (Å²) in [6.07, 6.45) is 0.297. The van der Waals surface area contributed by atoms with E-state index in [1.54, 1.807) is 31.3 Å². The van der Waals surface area contributed by atoms with Gasteiger partial charge in [0.2, 0.25) is 0 Å². The smallest absolute Gasteiger partial charge is 0.316 e. The SMILES string of the molecule is CN1CCN(c2cccc(C(N)CCC(=O)O)c2)C(=O)C1=O. The van der Waals surface area contributed by atoms with Crippen LogP contribution >= 0.6 is 0 Å². The van der Waals surface area contributed by atoms with E-state index in [4.69, 9.17) is 10.8 Å². The zero-order valence-electron chi connectivity index (χ0n) is 12.4. The van der Waals surface area contributed by atoms with E-state index in [2.05, 4.69) is 0 Å². The number of nitrogens with two attached hydrogens (primary N) is 1. The molecular weight excluding hydrogens is 286 g/mol. The molecule has 1 aromatic rings. The number of carboxylic acid groups (broad SMARTS) is 1. The molecule has 1 aliphatic heterocycles. The number of nitrogens with zero attached hydrogens (tertiary/aromatic N) is 2. The van der Waals surface area contributed by atoms with Gasteiger partial charge in [0.15, 0.2) is 0 Å². The number of carbonyl (C=O) groups is 3. The van der Waals surface area contributed by atoms with Crippen molar-refractivity contribution >= 4 is 23.5 Å². The molecule has 7 heteroatoms. The lowest BCUT2D eigenvalue weighted by Crippen LogP contribution is -2.53. The highest BCUT2D eigenvalue weighted by Crippen LogP contribution is 2.23. The minimum Gasteiger partial charge on any atom is -0.481 e. The Morgan fingerprint density at radius 1 is 1.32 bits per heavy atom. The molecule has 0 radical (unpaired) electrons. The van der Waals surface area contributed by atoms with Crippen LogP contribution in [0.2, 0.25) is 0 Å². The number of hydrogen-bond acceptors (Lipinski definition) is 4. The van der Waals surface area contributed by atoms with Crippen molar-refractivity contribution in [3.8, 4) is 0 Å². The minimum atomic E-state index is -0.897. The zero-order chi connectivity index (χ0) is 16.3. The average Bonchev–Trinajstić information content (AvgIpc) is 2.50. The Balaban J connectivity index is 2.16. The van der Waals surface area contributed by atoms with Gasteiger partial charge in [0.25, 0.3) is 0 Å². The van der Waals surface area contributed by atoms with E-state index in [-0.39, 0.29) is 6.42 Å². The molecule has 1 atom stereocenters. The van der Waals surface area contributed by atoms with Crippen molar-refractivity contribution in [2.45, 2.75) is 18.9 Å². The number of hydrogen-bond donors (Lipinski definition) is 2. The van der Waals surface area contributed by atoms with E-state index in [0.29, 0.717) is 25.2 Å². The number of aliphatic carboxylic acids is 1. The van der Waals surface area contributed by atoms with E-state index in [1.807, 2.05) is 0 Å². The highest BCUT2D eigenvalue weighted by Gasteiger charge is 2.31. The molecule has 1 heterocycles. The van der Waals surface area contributed by atoms with Gasteiger partial charge in [0.05, 0.1) is 0 Å². The molecule has 3 N–H and O–H groups in total. The van der Waals surface area contributed by atoms with Crippen molar-refractivity contribution in [1.82, 2.24) is 4.90 Å². The molecule has 7 nitrogen and oxygen atoms in total. The molecule has 2 rings (SSSR count). The molecule has 118 valence electrons. The number of carbonyl (C=O) groups excluding carboxylic acids is 2. The van der Waals surface area contributed by atoms with E-state index in [1.165, 1.54) is 9.80 Å². The van der Waals surface area contributed by atoms with Gasteiger partial charge in [-0.1, -0.05) is 12.1 Å². The summed E-state index contributed by atoms with van der Waals surface area (Å²) in [6.45, 7) is 0.898. The summed E-state index contributed by atoms with van der Waals surface area (Å²) in [7, 11) is 1.59. The summed E-state index contributed by atoms with van der Waals surface area (Å²) in [5.74, 6) is -2.00. The van der Waals surface area contributed by atoms with Crippen molar-refractivity contribution in [3.05, 3.63) is 29.8 Å². The fourth-order valence-electron chi connectivity index (χ4n) is 2.35. The van der Waals surface area contributed by atoms with Crippen molar-refractivity contribution in [2.24, 2.45) is 5.73 Å². The van der Waals surface area contributed by atoms with Crippen LogP contribution in [0, 0.1) is 0 Å². The van der Waals surface area contributed by atoms with Crippen LogP contribution in [-0.4, -0.2) is 47.9 Å². The lowest BCUT2D eigenvalue weighted by atomic mass is 10.0. The number of rotatable bonds is 5. The maximum atomic E-state index is 12.1. The maximum Gasteiger partial charge on any atom is 0.316 e. The van der Waals surface area contributed by atoms with Crippen molar-refractivity contribution in [1.29, 1.82) is 0 Å². The van der Waals surface area contributed by atoms with Gasteiger partial charge in [0.1, 0.15) is 0 Å². The summed E-state index contributed by atoms with van der Waals surface area (Å²) in [4.78, 5) is 37.2. The number of carboxylic acids is 1. The normalized spacial score (nSPS) is 16.8. The Morgan fingerprint density at radius 2 is 2.05 bits per heavy atom. The quantitative estimate of drug-likeness (QED) is 0.764. The highest BCUT2D eigenvalue weighted by molar-refractivity contribution is 6.40. The molecule has 1 aromatic carbocycles. The first-order valence-electron chi connectivity index (χ1n) is 7.04. The predicted molar refractivity (Wildman–Crippen MR) is 80.2 cm³/mol. The van der Waals surface area contributed by atoms with Crippen molar-refractivity contribution in [2.75, 3.05) is 25.0 Å². The highest BCUT2D eigenvalue weighted by atomic mass is 16.4. The van der Waals surface area contributed by atoms with Gasteiger partial charge in [-0.3, -0.25) is 14.4 Å². The van der Waals surface area contributed by atoms with Crippen LogP contribution in [0.1, 0.15) is 24.4 Å². The van der Waals surface area contributed by atoms with Gasteiger partial charge < -0.3 is 20.6 Å². The lowest BCUT2D eigenvalue weighted by Gasteiger charge is -2.31. The third-order valence-electron chi connectivity index (χ3n) is 3.71. The topological polar surface area (TPSA) is 104 Å². The van der Waals surface area contributed by atoms with Crippen molar-refractivity contribution in [3.63, 3.8) is 0 Å². The standard InChI is InChI=1S/C15H19N3O4/c1-17-7-8-18(15(22)14(17)21)11-4-2-3-10(9-11)12(16)5-6-13(19)20/h2-4,9,12H,5-8,16H2,1H3,(H,19,20). The van der Waals surface area contributed by atoms with Crippen LogP contribution in [-0.2, 0) is 14.4 Å². The van der Waals surface area contributed by atoms with Crippen LogP contribution in [0.3, 0.4) is 0 Å². The molecule has 2 amide bonds. The first-order chi connectivity index (χ1) is 10.4. The summed E-state index contributed by atoms with van der Waals surface area (Å²) < 4.78 is 0. The molecule has 1 aliphatic rings. The first-order valence-corrected chi connectivity index (χ1v) is 7.04. The molecule has 1 unspecified atom stereocenters. The Kier molecular flexibility index (Phi) is 4.77. The average molecular weight is 305 g/mol. The second-order valence-corrected chi connectivity index (χ2v) is 5.32. The molecule has 0 aromatic heterocycles. The summed E-state index contributed by atoms with van der Waals surface area (Å²) in [5, 5.41) is 8.71. The Hall–Kier alpha value is -2.41. The maximum absolute atomic E-state index is 12.1. The number of amides is 2. The van der Waals surface area contributed by atoms with Crippen LogP contribution in [0.5, 0.6) is 0 Å². The number of benzene rings is 1. The van der Waals surface area contributed by atoms with Crippen LogP contribution < -0.4 is 10.6 Å². The molecule has 0 aliphatic carbocycles. The van der Waals surface area contributed by atoms with Gasteiger partial charge in [-0.15, -0.1) is 0 Å². The monoisotopic (exact) mass is 305 g/mol. The zero-order valence-corrected chi connectivity index (χ0v) is 12.4. The largest absolute Gasteiger partial charge is 0.481 e. The fraction of sp³-hybridized carbons (Fsp3) is 0.400. The second-order valence-electron chi connectivity index (χ2n) is 5.32. The third kappa shape index (κ3) is 3.43. The summed E-state index contributed by atoms with van der Waals surface area (Å²) in [6, 6.07) is 6.60. The summed E-state index contributed by atoms with van der Waals surface area (Å²) in [5.41, 5.74) is 7.34. The predicted octanol–water partition coefficient (Wildman–Crippen LogP) is 0.356. The van der Waals surface area contributed by atoms with E-state index >= 15 is 0 Å². The van der Waals surface area contributed by atoms with Gasteiger partial charge >= 0.3 is 17.8 Å². The summed E-state index contributed by atoms with van der Waals surface area (Å²) >= 11 is 0. The number of anilines is 1. The fourth-order valence-corrected chi connectivity index (χ4v) is 2.35. The molecule has 0 bridgehead atoms. The Labute approximate surface area is 128 Å². The molecule has 0 saturated carbocycles. The van der Waals surface area contributed by atoms with Gasteiger partial charge in [0, 0.05) is 38.3 Å². The van der Waals surface area contributed by atoms with E-state index in [0.717, 1.165) is 5.56 Å². The van der Waals surface area contributed by atoms with E-state index < -0.39 is 23.8 Å². The lowest BCUT2D eigenvalue weighted by molar-refractivity contribution is -0.145. The third-order valence-corrected chi connectivity index (χ3v) is 3.71. The van der Waals surface area contributed by atoms with Gasteiger partial charge in [-0.2, -0.15) is 0 Å². The van der Waals surface area contributed by atoms with Crippen molar-refractivity contribution < 1.29 is 19.5 Å². The molecule has 0 spiro atoms. The van der Waals surface area contributed by atoms with E-state index in [9.17, 15) is 14.4 Å². The molecule has 1 saturated heterocycles. The molecular formula is C15H19N3O4. The molecule has 1 fully saturated rings. The Bertz CT molecular complexity index is 602. The minimum absolute atomic E-state index is 0.0165. The van der Waals surface area contributed by atoms with Crippen LogP contribution in [0.25, 0.3) is 0 Å². The Morgan fingerprint density at radius 3 is 2.73 bits per heavy atom. The van der Waals surface area contributed by atoms with Gasteiger partial charge in [-0.25, -0.2) is 0 Å². The number of likely N-dealkylation sites (N-methyl/N-ethyl adjacent to an activating group) is 1. The second kappa shape index (κ2) is 6.57.